The minimum atomic E-state index is -0.365. The quantitative estimate of drug-likeness (QED) is 0.162. The van der Waals surface area contributed by atoms with Gasteiger partial charge >= 0.3 is 0 Å². The molecule has 0 aliphatic heterocycles. The van der Waals surface area contributed by atoms with E-state index in [0.29, 0.717) is 40.5 Å². The Morgan fingerprint density at radius 1 is 1.34 bits per heavy atom. The predicted octanol–water partition coefficient (Wildman–Crippen LogP) is 7.91. The molecule has 1 amide bonds. The summed E-state index contributed by atoms with van der Waals surface area (Å²) in [4.78, 5) is 17.2. The number of hydrogen-bond acceptors (Lipinski definition) is 4. The summed E-state index contributed by atoms with van der Waals surface area (Å²) in [6, 6.07) is 11.8. The lowest BCUT2D eigenvalue weighted by Gasteiger charge is -2.20. The fraction of sp³-hybridized carbons (Fsp3) is 0.357. The molecule has 7 heteroatoms. The number of hydrogen-bond donors (Lipinski definition) is 2. The predicted molar refractivity (Wildman–Crippen MR) is 149 cm³/mol. The highest BCUT2D eigenvalue weighted by Gasteiger charge is 2.21. The maximum atomic E-state index is 14.5. The number of nitrogens with one attached hydrogen (secondary N) is 1. The van der Waals surface area contributed by atoms with E-state index >= 15 is 0 Å². The van der Waals surface area contributed by atoms with E-state index in [1.54, 1.807) is 25.1 Å². The molecule has 0 heterocycles. The number of amides is 1. The molecule has 1 fully saturated rings. The molecule has 0 saturated heterocycles. The molecular weight excluding hydrogens is 481 g/mol. The van der Waals surface area contributed by atoms with Crippen molar-refractivity contribution in [3.05, 3.63) is 70.5 Å². The van der Waals surface area contributed by atoms with Crippen molar-refractivity contribution >= 4 is 52.9 Å². The third-order valence-corrected chi connectivity index (χ3v) is 7.54. The van der Waals surface area contributed by atoms with Gasteiger partial charge in [0, 0.05) is 40.7 Å². The lowest BCUT2D eigenvalue weighted by molar-refractivity contribution is -0.118. The van der Waals surface area contributed by atoms with Gasteiger partial charge in [0.05, 0.1) is 16.4 Å². The molecule has 1 atom stereocenters. The molecule has 186 valence electrons. The van der Waals surface area contributed by atoms with E-state index in [9.17, 15) is 9.18 Å². The Balaban J connectivity index is 1.80. The first kappa shape index (κ1) is 27.0. The molecule has 1 aliphatic carbocycles. The van der Waals surface area contributed by atoms with Crippen LogP contribution < -0.4 is 11.1 Å². The second-order valence-electron chi connectivity index (χ2n) is 8.74. The van der Waals surface area contributed by atoms with Gasteiger partial charge in [0.15, 0.2) is 0 Å². The minimum Gasteiger partial charge on any atom is -0.383 e. The lowest BCUT2D eigenvalue weighted by Crippen LogP contribution is -2.21. The number of halogens is 2. The van der Waals surface area contributed by atoms with Gasteiger partial charge in [0.1, 0.15) is 5.83 Å². The molecule has 0 aromatic heterocycles. The topological polar surface area (TPSA) is 67.5 Å². The van der Waals surface area contributed by atoms with Crippen molar-refractivity contribution in [1.29, 1.82) is 0 Å². The van der Waals surface area contributed by atoms with Crippen molar-refractivity contribution in [1.82, 2.24) is 0 Å². The SMILES string of the molecule is C=Nc1cc(C(=C/CC)/C(F)=C\C)c(Cl)cc1NCC(CC(N)=O)c1ccc(SCC2CC2)cc1. The molecule has 0 bridgehead atoms. The number of nitrogens with two attached hydrogens (primary N) is 1. The molecule has 3 rings (SSSR count). The zero-order valence-corrected chi connectivity index (χ0v) is 21.9. The number of nitrogens with zero attached hydrogens (tertiary/aromatic N) is 1. The van der Waals surface area contributed by atoms with Gasteiger partial charge in [-0.3, -0.25) is 9.79 Å². The van der Waals surface area contributed by atoms with Crippen LogP contribution in [0.3, 0.4) is 0 Å². The van der Waals surface area contributed by atoms with E-state index in [1.807, 2.05) is 18.7 Å². The van der Waals surface area contributed by atoms with Gasteiger partial charge in [0.25, 0.3) is 0 Å². The summed E-state index contributed by atoms with van der Waals surface area (Å²) in [5.74, 6) is 1.19. The third-order valence-electron chi connectivity index (χ3n) is 5.99. The Labute approximate surface area is 216 Å². The van der Waals surface area contributed by atoms with Crippen molar-refractivity contribution in [3.63, 3.8) is 0 Å². The van der Waals surface area contributed by atoms with E-state index in [-0.39, 0.29) is 24.1 Å². The average molecular weight is 514 g/mol. The number of anilines is 1. The maximum absolute atomic E-state index is 14.5. The number of aliphatic imine (C=N–C) groups is 1. The van der Waals surface area contributed by atoms with E-state index < -0.39 is 0 Å². The smallest absolute Gasteiger partial charge is 0.218 e. The van der Waals surface area contributed by atoms with Crippen LogP contribution in [0.5, 0.6) is 0 Å². The Morgan fingerprint density at radius 2 is 2.06 bits per heavy atom. The van der Waals surface area contributed by atoms with Crippen LogP contribution in [-0.2, 0) is 4.79 Å². The Morgan fingerprint density at radius 3 is 2.63 bits per heavy atom. The average Bonchev–Trinajstić information content (AvgIpc) is 3.68. The summed E-state index contributed by atoms with van der Waals surface area (Å²) in [6.45, 7) is 7.71. The number of carbonyl (C=O) groups is 1. The van der Waals surface area contributed by atoms with Crippen molar-refractivity contribution in [2.75, 3.05) is 17.6 Å². The van der Waals surface area contributed by atoms with Crippen LogP contribution in [-0.4, -0.2) is 24.9 Å². The summed E-state index contributed by atoms with van der Waals surface area (Å²) < 4.78 is 14.5. The molecule has 1 aliphatic rings. The van der Waals surface area contributed by atoms with Crippen molar-refractivity contribution in [2.24, 2.45) is 16.6 Å². The zero-order valence-electron chi connectivity index (χ0n) is 20.3. The molecule has 35 heavy (non-hydrogen) atoms. The van der Waals surface area contributed by atoms with E-state index in [4.69, 9.17) is 17.3 Å². The van der Waals surface area contributed by atoms with Gasteiger partial charge < -0.3 is 11.1 Å². The fourth-order valence-corrected chi connectivity index (χ4v) is 5.21. The second-order valence-corrected chi connectivity index (χ2v) is 10.2. The van der Waals surface area contributed by atoms with Gasteiger partial charge in [-0.05, 0) is 68.7 Å². The highest BCUT2D eigenvalue weighted by atomic mass is 35.5. The lowest BCUT2D eigenvalue weighted by atomic mass is 9.95. The van der Waals surface area contributed by atoms with Crippen LogP contribution in [0.15, 0.2) is 64.3 Å². The molecule has 0 radical (unpaired) electrons. The highest BCUT2D eigenvalue weighted by Crippen LogP contribution is 2.39. The number of carbonyl (C=O) groups excluding carboxylic acids is 1. The first-order chi connectivity index (χ1) is 16.9. The number of primary amides is 1. The van der Waals surface area contributed by atoms with Crippen LogP contribution in [0.25, 0.3) is 5.57 Å². The summed E-state index contributed by atoms with van der Waals surface area (Å²) in [6.07, 6.45) is 6.76. The third kappa shape index (κ3) is 7.71. The van der Waals surface area contributed by atoms with E-state index in [1.165, 1.54) is 23.8 Å². The van der Waals surface area contributed by atoms with Crippen molar-refractivity contribution in [3.8, 4) is 0 Å². The van der Waals surface area contributed by atoms with Crippen molar-refractivity contribution < 1.29 is 9.18 Å². The van der Waals surface area contributed by atoms with Gasteiger partial charge in [-0.15, -0.1) is 11.8 Å². The molecule has 1 saturated carbocycles. The summed E-state index contributed by atoms with van der Waals surface area (Å²) >= 11 is 8.44. The summed E-state index contributed by atoms with van der Waals surface area (Å²) in [5.41, 5.74) is 8.80. The molecule has 1 unspecified atom stereocenters. The number of rotatable bonds is 13. The normalized spacial score (nSPS) is 15.1. The van der Waals surface area contributed by atoms with Crippen LogP contribution >= 0.6 is 23.4 Å². The second kappa shape index (κ2) is 12.9. The first-order valence-corrected chi connectivity index (χ1v) is 13.3. The summed E-state index contributed by atoms with van der Waals surface area (Å²) in [5, 5.41) is 3.76. The zero-order chi connectivity index (χ0) is 25.4. The van der Waals surface area contributed by atoms with Crippen LogP contribution in [0, 0.1) is 5.92 Å². The Kier molecular flexibility index (Phi) is 9.99. The molecule has 0 spiro atoms. The first-order valence-electron chi connectivity index (χ1n) is 11.9. The maximum Gasteiger partial charge on any atom is 0.218 e. The molecule has 4 nitrogen and oxygen atoms in total. The van der Waals surface area contributed by atoms with E-state index in [2.05, 4.69) is 41.3 Å². The summed E-state index contributed by atoms with van der Waals surface area (Å²) in [7, 11) is 0. The Bertz CT molecular complexity index is 1110. The molecule has 2 aromatic carbocycles. The van der Waals surface area contributed by atoms with Gasteiger partial charge in [0.2, 0.25) is 5.91 Å². The molecule has 2 aromatic rings. The standard InChI is InChI=1S/C28H33ClFN3OS/c1-4-6-22(25(30)5-2)23-14-26(32-3)27(15-24(23)29)33-16-20(13-28(31)34)19-9-11-21(12-10-19)35-17-18-7-8-18/h5-6,9-12,14-15,18,20,33H,3-4,7-8,13,16-17H2,1-2H3,(H2,31,34)/b22-6-,25-5+. The minimum absolute atomic E-state index is 0.123. The van der Waals surface area contributed by atoms with Crippen LogP contribution in [0.4, 0.5) is 15.8 Å². The largest absolute Gasteiger partial charge is 0.383 e. The number of allylic oxidation sites excluding steroid dienone is 4. The van der Waals surface area contributed by atoms with E-state index in [0.717, 1.165) is 17.2 Å². The molecular formula is C28H33ClFN3OS. The number of benzene rings is 2. The number of thioether (sulfide) groups is 1. The molecule has 3 N–H and O–H groups in total. The van der Waals surface area contributed by atoms with Gasteiger partial charge in [-0.2, -0.15) is 0 Å². The Hall–Kier alpha value is -2.57. The highest BCUT2D eigenvalue weighted by molar-refractivity contribution is 7.99. The van der Waals surface area contributed by atoms with Crippen molar-refractivity contribution in [2.45, 2.75) is 50.3 Å². The monoisotopic (exact) mass is 513 g/mol. The van der Waals surface area contributed by atoms with Gasteiger partial charge in [-0.1, -0.05) is 42.8 Å². The van der Waals surface area contributed by atoms with Crippen LogP contribution in [0.2, 0.25) is 5.02 Å². The van der Waals surface area contributed by atoms with Gasteiger partial charge in [-0.25, -0.2) is 4.39 Å². The fourth-order valence-electron chi connectivity index (χ4n) is 3.86. The van der Waals surface area contributed by atoms with Crippen LogP contribution in [0.1, 0.15) is 56.6 Å².